The Morgan fingerprint density at radius 2 is 1.00 bits per heavy atom. The third kappa shape index (κ3) is 7.00. The number of anilines is 2. The molecule has 0 saturated carbocycles. The van der Waals surface area contributed by atoms with Crippen LogP contribution in [0, 0.1) is 0 Å². The number of ether oxygens (including phenoxy) is 2. The zero-order valence-corrected chi connectivity index (χ0v) is 31.5. The lowest BCUT2D eigenvalue weighted by molar-refractivity contribution is 0.330. The average Bonchev–Trinajstić information content (AvgIpc) is 3.83. The van der Waals surface area contributed by atoms with Crippen molar-refractivity contribution in [1.29, 1.82) is 0 Å². The van der Waals surface area contributed by atoms with Crippen LogP contribution in [0.3, 0.4) is 0 Å². The van der Waals surface area contributed by atoms with E-state index in [1.165, 1.54) is 0 Å². The van der Waals surface area contributed by atoms with Crippen molar-refractivity contribution in [2.75, 3.05) is 75.4 Å². The molecular formula is C42H44N12O2. The number of aromatic amines is 2. The van der Waals surface area contributed by atoms with Crippen molar-refractivity contribution in [1.82, 2.24) is 50.5 Å². The lowest BCUT2D eigenvalue weighted by atomic mass is 10.1. The van der Waals surface area contributed by atoms with Gasteiger partial charge in [0, 0.05) is 99.0 Å². The van der Waals surface area contributed by atoms with E-state index in [2.05, 4.69) is 76.8 Å². The zero-order chi connectivity index (χ0) is 37.8. The van der Waals surface area contributed by atoms with E-state index in [4.69, 9.17) is 29.4 Å². The molecule has 2 aliphatic rings. The van der Waals surface area contributed by atoms with Crippen LogP contribution in [0.1, 0.15) is 13.8 Å². The van der Waals surface area contributed by atoms with E-state index in [9.17, 15) is 0 Å². The van der Waals surface area contributed by atoms with Gasteiger partial charge in [0.2, 0.25) is 23.7 Å². The monoisotopic (exact) mass is 748 g/mol. The van der Waals surface area contributed by atoms with Gasteiger partial charge in [-0.1, -0.05) is 18.2 Å². The van der Waals surface area contributed by atoms with Crippen LogP contribution in [0.15, 0.2) is 85.5 Å². The smallest absolute Gasteiger partial charge is 0.243 e. The van der Waals surface area contributed by atoms with Crippen LogP contribution >= 0.6 is 0 Å². The molecule has 0 aliphatic carbocycles. The van der Waals surface area contributed by atoms with Crippen LogP contribution in [-0.4, -0.2) is 105 Å². The maximum absolute atomic E-state index is 5.86. The lowest BCUT2D eigenvalue weighted by Crippen LogP contribution is -2.44. The Labute approximate surface area is 323 Å². The van der Waals surface area contributed by atoms with Crippen LogP contribution < -0.4 is 29.9 Å². The van der Waals surface area contributed by atoms with Gasteiger partial charge in [-0.15, -0.1) is 0 Å². The quantitative estimate of drug-likeness (QED) is 0.145. The molecule has 10 rings (SSSR count). The largest absolute Gasteiger partial charge is 0.476 e. The summed E-state index contributed by atoms with van der Waals surface area (Å²) in [5.41, 5.74) is 10.1. The number of aromatic nitrogens is 8. The van der Waals surface area contributed by atoms with Crippen molar-refractivity contribution in [2.24, 2.45) is 0 Å². The summed E-state index contributed by atoms with van der Waals surface area (Å²) < 4.78 is 11.7. The van der Waals surface area contributed by atoms with E-state index in [1.807, 2.05) is 62.9 Å². The van der Waals surface area contributed by atoms with Gasteiger partial charge in [-0.05, 0) is 78.6 Å². The van der Waals surface area contributed by atoms with Gasteiger partial charge in [-0.25, -0.2) is 9.97 Å². The molecule has 0 radical (unpaired) electrons. The van der Waals surface area contributed by atoms with Gasteiger partial charge in [-0.2, -0.15) is 9.97 Å². The number of piperazine rings is 2. The molecule has 56 heavy (non-hydrogen) atoms. The first-order chi connectivity index (χ1) is 27.7. The van der Waals surface area contributed by atoms with E-state index in [-0.39, 0.29) is 0 Å². The van der Waals surface area contributed by atoms with Crippen LogP contribution in [0.25, 0.3) is 66.1 Å². The second kappa shape index (κ2) is 15.8. The van der Waals surface area contributed by atoms with Gasteiger partial charge >= 0.3 is 0 Å². The van der Waals surface area contributed by atoms with Gasteiger partial charge in [0.15, 0.2) is 0 Å². The van der Waals surface area contributed by atoms with Crippen molar-refractivity contribution in [2.45, 2.75) is 13.8 Å². The van der Waals surface area contributed by atoms with Crippen LogP contribution in [-0.2, 0) is 0 Å². The summed E-state index contributed by atoms with van der Waals surface area (Å²) in [5.74, 6) is 2.69. The third-order valence-electron chi connectivity index (χ3n) is 10.2. The molecule has 2 saturated heterocycles. The van der Waals surface area contributed by atoms with Crippen molar-refractivity contribution in [3.05, 3.63) is 85.5 Å². The van der Waals surface area contributed by atoms with Gasteiger partial charge in [0.25, 0.3) is 0 Å². The summed E-state index contributed by atoms with van der Waals surface area (Å²) in [6.07, 6.45) is 7.24. The molecule has 284 valence electrons. The molecule has 0 unspecified atom stereocenters. The number of hydrogen-bond acceptors (Lipinski definition) is 12. The van der Waals surface area contributed by atoms with Gasteiger partial charge in [0.05, 0.1) is 13.2 Å². The van der Waals surface area contributed by atoms with E-state index >= 15 is 0 Å². The predicted molar refractivity (Wildman–Crippen MR) is 222 cm³/mol. The minimum Gasteiger partial charge on any atom is -0.476 e. The molecule has 14 nitrogen and oxygen atoms in total. The highest BCUT2D eigenvalue weighted by Crippen LogP contribution is 2.35. The topological polar surface area (TPSA) is 158 Å². The summed E-state index contributed by atoms with van der Waals surface area (Å²) in [5, 5.41) is 8.89. The first-order valence-corrected chi connectivity index (χ1v) is 19.3. The molecule has 2 aliphatic heterocycles. The minimum atomic E-state index is 0.560. The van der Waals surface area contributed by atoms with Crippen LogP contribution in [0.5, 0.6) is 11.8 Å². The summed E-state index contributed by atoms with van der Waals surface area (Å²) in [7, 11) is 0. The van der Waals surface area contributed by atoms with Crippen molar-refractivity contribution in [3.63, 3.8) is 0 Å². The number of hydrogen-bond donors (Lipinski definition) is 4. The molecule has 6 aromatic heterocycles. The SMILES string of the molecule is CCOc1nc(N2CCNCC2)nc2c1[nH]c1cc(-c3ccncc3)ccc12.CCOc1nc(N2CCNCC2)nc2c1[nH]c1ccc(-c3ccncc3)cc12. The number of nitrogens with zero attached hydrogens (tertiary/aromatic N) is 8. The van der Waals surface area contributed by atoms with Crippen LogP contribution in [0.4, 0.5) is 11.9 Å². The molecule has 8 heterocycles. The van der Waals surface area contributed by atoms with Gasteiger partial charge < -0.3 is 39.9 Å². The van der Waals surface area contributed by atoms with Crippen LogP contribution in [0.2, 0.25) is 0 Å². The highest BCUT2D eigenvalue weighted by Gasteiger charge is 2.21. The fraction of sp³-hybridized carbons (Fsp3) is 0.286. The molecule has 2 aromatic carbocycles. The highest BCUT2D eigenvalue weighted by molar-refractivity contribution is 6.09. The number of H-pyrrole nitrogens is 2. The Bertz CT molecular complexity index is 2580. The van der Waals surface area contributed by atoms with Crippen molar-refractivity contribution in [3.8, 4) is 34.0 Å². The highest BCUT2D eigenvalue weighted by atomic mass is 16.5. The second-order valence-corrected chi connectivity index (χ2v) is 13.7. The van der Waals surface area contributed by atoms with E-state index in [0.717, 1.165) is 130 Å². The number of benzene rings is 2. The van der Waals surface area contributed by atoms with Gasteiger partial charge in [0.1, 0.15) is 22.1 Å². The first kappa shape index (κ1) is 35.3. The summed E-state index contributed by atoms with van der Waals surface area (Å²) in [4.78, 5) is 38.8. The van der Waals surface area contributed by atoms with E-state index in [1.54, 1.807) is 0 Å². The summed E-state index contributed by atoms with van der Waals surface area (Å²) in [6, 6.07) is 20.8. The molecular weight excluding hydrogens is 705 g/mol. The molecule has 0 amide bonds. The number of rotatable bonds is 8. The molecule has 0 spiro atoms. The van der Waals surface area contributed by atoms with Gasteiger partial charge in [-0.3, -0.25) is 9.97 Å². The Morgan fingerprint density at radius 1 is 0.518 bits per heavy atom. The van der Waals surface area contributed by atoms with Crippen molar-refractivity contribution >= 4 is 55.8 Å². The number of fused-ring (bicyclic) bond motifs is 6. The molecule has 4 N–H and O–H groups in total. The van der Waals surface area contributed by atoms with Crippen molar-refractivity contribution < 1.29 is 9.47 Å². The molecule has 0 bridgehead atoms. The maximum Gasteiger partial charge on any atom is 0.243 e. The zero-order valence-electron chi connectivity index (χ0n) is 31.5. The second-order valence-electron chi connectivity index (χ2n) is 13.7. The predicted octanol–water partition coefficient (Wildman–Crippen LogP) is 5.96. The molecule has 0 atom stereocenters. The average molecular weight is 749 g/mol. The van der Waals surface area contributed by atoms with E-state index in [0.29, 0.717) is 25.0 Å². The standard InChI is InChI=1S/2C21H22N6O/c1-2-28-20-19-18(25-21(26-20)27-11-9-23-10-12-27)16-13-15(3-4-17(16)24-19)14-5-7-22-8-6-14;1-2-28-20-19-18(25-21(26-20)27-11-9-23-10-12-27)16-4-3-15(13-17(16)24-19)14-5-7-22-8-6-14/h2*3-8,13,23-24H,2,9-12H2,1H3. The number of nitrogens with one attached hydrogen (secondary N) is 4. The fourth-order valence-corrected chi connectivity index (χ4v) is 7.39. The Hall–Kier alpha value is -6.38. The summed E-state index contributed by atoms with van der Waals surface area (Å²) in [6.45, 7) is 12.4. The molecule has 2 fully saturated rings. The number of pyridine rings is 2. The Morgan fingerprint density at radius 3 is 1.54 bits per heavy atom. The minimum absolute atomic E-state index is 0.560. The first-order valence-electron chi connectivity index (χ1n) is 19.3. The Kier molecular flexibility index (Phi) is 9.95. The Balaban J connectivity index is 0.000000146. The molecule has 8 aromatic rings. The lowest BCUT2D eigenvalue weighted by Gasteiger charge is -2.27. The third-order valence-corrected chi connectivity index (χ3v) is 10.2. The molecule has 14 heteroatoms. The summed E-state index contributed by atoms with van der Waals surface area (Å²) >= 11 is 0. The maximum atomic E-state index is 5.86. The van der Waals surface area contributed by atoms with E-state index < -0.39 is 0 Å². The normalized spacial score (nSPS) is 14.7. The fourth-order valence-electron chi connectivity index (χ4n) is 7.39.